The molecule has 0 aromatic carbocycles. The highest BCUT2D eigenvalue weighted by Crippen LogP contribution is 2.45. The summed E-state index contributed by atoms with van der Waals surface area (Å²) >= 11 is 0. The molecule has 0 bridgehead atoms. The van der Waals surface area contributed by atoms with Gasteiger partial charge >= 0.3 is 0 Å². The molecule has 0 aromatic heterocycles. The van der Waals surface area contributed by atoms with E-state index in [2.05, 4.69) is 12.2 Å². The van der Waals surface area contributed by atoms with Crippen molar-refractivity contribution in [2.75, 3.05) is 20.3 Å². The Morgan fingerprint density at radius 1 is 1.22 bits per heavy atom. The van der Waals surface area contributed by atoms with Gasteiger partial charge in [-0.25, -0.2) is 0 Å². The van der Waals surface area contributed by atoms with Crippen LogP contribution in [0.5, 0.6) is 0 Å². The molecule has 2 fully saturated rings. The molecule has 0 unspecified atom stereocenters. The van der Waals surface area contributed by atoms with Crippen LogP contribution >= 0.6 is 0 Å². The molecule has 0 aromatic rings. The monoisotopic (exact) mass is 253 g/mol. The van der Waals surface area contributed by atoms with Crippen LogP contribution < -0.4 is 5.32 Å². The van der Waals surface area contributed by atoms with Crippen LogP contribution in [-0.4, -0.2) is 26.2 Å². The normalized spacial score (nSPS) is 23.9. The third-order valence-electron chi connectivity index (χ3n) is 5.03. The van der Waals surface area contributed by atoms with Gasteiger partial charge in [0.05, 0.1) is 12.0 Å². The van der Waals surface area contributed by atoms with Gasteiger partial charge in [0.25, 0.3) is 0 Å². The fraction of sp³-hybridized carbons (Fsp3) is 0.933. The topological polar surface area (TPSA) is 38.3 Å². The highest BCUT2D eigenvalue weighted by atomic mass is 16.5. The molecule has 2 rings (SSSR count). The number of hydrogen-bond donors (Lipinski definition) is 1. The number of carbonyl (C=O) groups excluding carboxylic acids is 1. The summed E-state index contributed by atoms with van der Waals surface area (Å²) in [7, 11) is 1.69. The zero-order chi connectivity index (χ0) is 13.1. The lowest BCUT2D eigenvalue weighted by atomic mass is 9.65. The van der Waals surface area contributed by atoms with Gasteiger partial charge in [-0.3, -0.25) is 4.79 Å². The number of hydrogen-bond acceptors (Lipinski definition) is 2. The smallest absolute Gasteiger partial charge is 0.228 e. The molecule has 2 aliphatic rings. The van der Waals surface area contributed by atoms with Crippen LogP contribution in [-0.2, 0) is 9.53 Å². The van der Waals surface area contributed by atoms with Crippen LogP contribution in [0.2, 0.25) is 0 Å². The van der Waals surface area contributed by atoms with Crippen LogP contribution in [0.4, 0.5) is 0 Å². The van der Waals surface area contributed by atoms with Gasteiger partial charge in [0.15, 0.2) is 0 Å². The molecule has 0 atom stereocenters. The van der Waals surface area contributed by atoms with Gasteiger partial charge < -0.3 is 10.1 Å². The van der Waals surface area contributed by atoms with E-state index in [4.69, 9.17) is 4.74 Å². The van der Waals surface area contributed by atoms with E-state index < -0.39 is 0 Å². The Labute approximate surface area is 111 Å². The minimum absolute atomic E-state index is 0.202. The van der Waals surface area contributed by atoms with Crippen LogP contribution in [0.1, 0.15) is 58.3 Å². The van der Waals surface area contributed by atoms with E-state index in [1.807, 2.05) is 0 Å². The van der Waals surface area contributed by atoms with Gasteiger partial charge in [0.2, 0.25) is 5.91 Å². The lowest BCUT2D eigenvalue weighted by Gasteiger charge is -2.44. The van der Waals surface area contributed by atoms with Gasteiger partial charge in [0, 0.05) is 13.7 Å². The molecule has 104 valence electrons. The summed E-state index contributed by atoms with van der Waals surface area (Å²) in [6.07, 6.45) is 9.54. The van der Waals surface area contributed by atoms with E-state index in [-0.39, 0.29) is 11.3 Å². The number of methoxy groups -OCH3 is 1. The number of nitrogens with one attached hydrogen (secondary N) is 1. The molecular formula is C15H27NO2. The lowest BCUT2D eigenvalue weighted by molar-refractivity contribution is -0.141. The van der Waals surface area contributed by atoms with Crippen molar-refractivity contribution < 1.29 is 9.53 Å². The summed E-state index contributed by atoms with van der Waals surface area (Å²) in [5, 5.41) is 3.22. The summed E-state index contributed by atoms with van der Waals surface area (Å²) in [5.74, 6) is 0.234. The van der Waals surface area contributed by atoms with Gasteiger partial charge in [-0.1, -0.05) is 26.2 Å². The minimum atomic E-state index is -0.202. The van der Waals surface area contributed by atoms with E-state index >= 15 is 0 Å². The van der Waals surface area contributed by atoms with Crippen molar-refractivity contribution in [2.24, 2.45) is 10.8 Å². The second-order valence-electron chi connectivity index (χ2n) is 6.35. The maximum absolute atomic E-state index is 12.3. The van der Waals surface area contributed by atoms with Crippen LogP contribution in [0.3, 0.4) is 0 Å². The van der Waals surface area contributed by atoms with Crippen molar-refractivity contribution in [3.05, 3.63) is 0 Å². The Balaban J connectivity index is 1.83. The molecule has 2 saturated carbocycles. The van der Waals surface area contributed by atoms with Crippen molar-refractivity contribution in [3.8, 4) is 0 Å². The molecule has 0 radical (unpaired) electrons. The standard InChI is InChI=1S/C15H27NO2/c1-3-6-14(7-4-8-14)11-16-13(17)15(12-18-2)9-5-10-15/h3-12H2,1-2H3,(H,16,17). The third kappa shape index (κ3) is 2.56. The van der Waals surface area contributed by atoms with Crippen LogP contribution in [0, 0.1) is 10.8 Å². The number of carbonyl (C=O) groups is 1. The highest BCUT2D eigenvalue weighted by Gasteiger charge is 2.45. The molecule has 1 amide bonds. The Kier molecular flexibility index (Phi) is 4.31. The highest BCUT2D eigenvalue weighted by molar-refractivity contribution is 5.83. The second kappa shape index (κ2) is 5.60. The van der Waals surface area contributed by atoms with Crippen molar-refractivity contribution >= 4 is 5.91 Å². The first kappa shape index (κ1) is 13.9. The Morgan fingerprint density at radius 2 is 1.89 bits per heavy atom. The quantitative estimate of drug-likeness (QED) is 0.757. The van der Waals surface area contributed by atoms with Crippen molar-refractivity contribution in [1.29, 1.82) is 0 Å². The van der Waals surface area contributed by atoms with Gasteiger partial charge in [-0.2, -0.15) is 0 Å². The van der Waals surface area contributed by atoms with E-state index in [9.17, 15) is 4.79 Å². The average molecular weight is 253 g/mol. The molecule has 3 heteroatoms. The molecular weight excluding hydrogens is 226 g/mol. The summed E-state index contributed by atoms with van der Waals surface area (Å²) in [6, 6.07) is 0. The van der Waals surface area contributed by atoms with Gasteiger partial charge in [-0.15, -0.1) is 0 Å². The Hall–Kier alpha value is -0.570. The molecule has 0 spiro atoms. The number of amides is 1. The van der Waals surface area contributed by atoms with Crippen molar-refractivity contribution in [1.82, 2.24) is 5.32 Å². The number of rotatable bonds is 7. The molecule has 18 heavy (non-hydrogen) atoms. The largest absolute Gasteiger partial charge is 0.384 e. The van der Waals surface area contributed by atoms with Crippen molar-refractivity contribution in [3.63, 3.8) is 0 Å². The molecule has 1 N–H and O–H groups in total. The molecule has 3 nitrogen and oxygen atoms in total. The first-order valence-corrected chi connectivity index (χ1v) is 7.44. The Morgan fingerprint density at radius 3 is 2.28 bits per heavy atom. The summed E-state index contributed by atoms with van der Waals surface area (Å²) in [4.78, 5) is 12.3. The van der Waals surface area contributed by atoms with Gasteiger partial charge in [-0.05, 0) is 37.5 Å². The predicted molar refractivity (Wildman–Crippen MR) is 72.4 cm³/mol. The first-order chi connectivity index (χ1) is 8.66. The maximum atomic E-state index is 12.3. The zero-order valence-corrected chi connectivity index (χ0v) is 11.9. The second-order valence-corrected chi connectivity index (χ2v) is 6.35. The van der Waals surface area contributed by atoms with E-state index in [0.29, 0.717) is 12.0 Å². The predicted octanol–water partition coefficient (Wildman–Crippen LogP) is 2.89. The first-order valence-electron chi connectivity index (χ1n) is 7.44. The fourth-order valence-corrected chi connectivity index (χ4v) is 3.49. The third-order valence-corrected chi connectivity index (χ3v) is 5.03. The molecule has 2 aliphatic carbocycles. The summed E-state index contributed by atoms with van der Waals surface area (Å²) in [5.41, 5.74) is 0.217. The van der Waals surface area contributed by atoms with Crippen LogP contribution in [0.25, 0.3) is 0 Å². The van der Waals surface area contributed by atoms with Crippen molar-refractivity contribution in [2.45, 2.75) is 58.3 Å². The van der Waals surface area contributed by atoms with Crippen LogP contribution in [0.15, 0.2) is 0 Å². The molecule has 0 saturated heterocycles. The van der Waals surface area contributed by atoms with E-state index in [1.54, 1.807) is 7.11 Å². The number of ether oxygens (including phenoxy) is 1. The van der Waals surface area contributed by atoms with E-state index in [1.165, 1.54) is 32.1 Å². The summed E-state index contributed by atoms with van der Waals surface area (Å²) in [6.45, 7) is 3.70. The maximum Gasteiger partial charge on any atom is 0.228 e. The summed E-state index contributed by atoms with van der Waals surface area (Å²) < 4.78 is 5.23. The lowest BCUT2D eigenvalue weighted by Crippen LogP contribution is -2.52. The SMILES string of the molecule is CCCC1(CNC(=O)C2(COC)CCC2)CCC1. The fourth-order valence-electron chi connectivity index (χ4n) is 3.49. The minimum Gasteiger partial charge on any atom is -0.384 e. The van der Waals surface area contributed by atoms with E-state index in [0.717, 1.165) is 25.8 Å². The zero-order valence-electron chi connectivity index (χ0n) is 11.9. The molecule has 0 aliphatic heterocycles. The molecule has 0 heterocycles. The average Bonchev–Trinajstić information content (AvgIpc) is 2.26. The van der Waals surface area contributed by atoms with Gasteiger partial charge in [0.1, 0.15) is 0 Å². The Bertz CT molecular complexity index is 293.